The van der Waals surface area contributed by atoms with Crippen LogP contribution >= 0.6 is 0 Å². The molecule has 1 atom stereocenters. The van der Waals surface area contributed by atoms with E-state index >= 15 is 0 Å². The van der Waals surface area contributed by atoms with Gasteiger partial charge in [-0.05, 0) is 19.3 Å². The lowest BCUT2D eigenvalue weighted by Crippen LogP contribution is -2.49. The first kappa shape index (κ1) is 19.6. The predicted molar refractivity (Wildman–Crippen MR) is 106 cm³/mol. The van der Waals surface area contributed by atoms with Crippen molar-refractivity contribution in [3.63, 3.8) is 0 Å². The Morgan fingerprint density at radius 2 is 1.93 bits per heavy atom. The van der Waals surface area contributed by atoms with Crippen LogP contribution in [0.5, 0.6) is 0 Å². The summed E-state index contributed by atoms with van der Waals surface area (Å²) in [6.07, 6.45) is 6.74. The number of rotatable bonds is 5. The number of carbonyl (C=O) groups is 1. The molecule has 0 spiro atoms. The van der Waals surface area contributed by atoms with Crippen LogP contribution in [-0.2, 0) is 17.8 Å². The van der Waals surface area contributed by atoms with E-state index in [2.05, 4.69) is 39.6 Å². The Morgan fingerprint density at radius 1 is 1.22 bits per heavy atom. The van der Waals surface area contributed by atoms with E-state index in [1.165, 1.54) is 12.8 Å². The largest absolute Gasteiger partial charge is 0.354 e. The van der Waals surface area contributed by atoms with Crippen LogP contribution in [0.25, 0.3) is 0 Å². The van der Waals surface area contributed by atoms with Crippen molar-refractivity contribution in [2.24, 2.45) is 4.99 Å². The maximum atomic E-state index is 11.9. The van der Waals surface area contributed by atoms with Gasteiger partial charge in [0.1, 0.15) is 12.4 Å². The van der Waals surface area contributed by atoms with Crippen LogP contribution in [0.1, 0.15) is 63.5 Å². The van der Waals surface area contributed by atoms with Gasteiger partial charge in [-0.1, -0.05) is 26.7 Å². The normalized spacial score (nSPS) is 20.6. The van der Waals surface area contributed by atoms with Crippen LogP contribution in [0.2, 0.25) is 0 Å². The van der Waals surface area contributed by atoms with E-state index in [0.717, 1.165) is 49.8 Å². The van der Waals surface area contributed by atoms with E-state index in [1.807, 2.05) is 4.68 Å². The number of aryl methyl sites for hydroxylation is 1. The number of carbonyl (C=O) groups excluding carboxylic acids is 1. The molecule has 0 bridgehead atoms. The van der Waals surface area contributed by atoms with Crippen molar-refractivity contribution in [3.05, 3.63) is 11.6 Å². The van der Waals surface area contributed by atoms with Crippen molar-refractivity contribution in [3.8, 4) is 0 Å². The van der Waals surface area contributed by atoms with Gasteiger partial charge >= 0.3 is 0 Å². The van der Waals surface area contributed by atoms with Crippen LogP contribution < -0.4 is 10.6 Å². The van der Waals surface area contributed by atoms with E-state index in [0.29, 0.717) is 12.0 Å². The summed E-state index contributed by atoms with van der Waals surface area (Å²) >= 11 is 0. The topological polar surface area (TPSA) is 87.4 Å². The third kappa shape index (κ3) is 5.20. The van der Waals surface area contributed by atoms with Crippen molar-refractivity contribution in [2.75, 3.05) is 20.6 Å². The van der Waals surface area contributed by atoms with Crippen LogP contribution in [-0.4, -0.2) is 64.3 Å². The van der Waals surface area contributed by atoms with Gasteiger partial charge < -0.3 is 15.5 Å². The zero-order chi connectivity index (χ0) is 19.4. The van der Waals surface area contributed by atoms with Gasteiger partial charge in [-0.15, -0.1) is 0 Å². The third-order valence-electron chi connectivity index (χ3n) is 5.30. The molecule has 2 heterocycles. The zero-order valence-electron chi connectivity index (χ0n) is 17.0. The minimum absolute atomic E-state index is 0.00584. The van der Waals surface area contributed by atoms with Crippen molar-refractivity contribution in [1.82, 2.24) is 30.3 Å². The molecule has 8 nitrogen and oxygen atoms in total. The molecule has 2 N–H and O–H groups in total. The molecule has 2 aliphatic rings. The molecule has 1 amide bonds. The quantitative estimate of drug-likeness (QED) is 0.598. The number of aliphatic imine (C=N–C) groups is 1. The first-order valence-corrected chi connectivity index (χ1v) is 10.1. The molecule has 0 saturated heterocycles. The average molecular weight is 376 g/mol. The molecule has 3 rings (SSSR count). The molecular formula is C19H33N7O. The van der Waals surface area contributed by atoms with Gasteiger partial charge in [0.05, 0.1) is 6.54 Å². The molecule has 0 aromatic carbocycles. The monoisotopic (exact) mass is 375 g/mol. The number of likely N-dealkylation sites (N-methyl/N-ethyl adjacent to an activating group) is 1. The summed E-state index contributed by atoms with van der Waals surface area (Å²) in [6.45, 7) is 5.18. The van der Waals surface area contributed by atoms with Gasteiger partial charge in [0.25, 0.3) is 0 Å². The molecular weight excluding hydrogens is 342 g/mol. The Morgan fingerprint density at radius 3 is 2.59 bits per heavy atom. The van der Waals surface area contributed by atoms with Crippen molar-refractivity contribution >= 4 is 11.9 Å². The highest BCUT2D eigenvalue weighted by Crippen LogP contribution is 2.19. The minimum Gasteiger partial charge on any atom is -0.354 e. The third-order valence-corrected chi connectivity index (χ3v) is 5.30. The lowest BCUT2D eigenvalue weighted by molar-refractivity contribution is -0.127. The number of fused-ring (bicyclic) bond motifs is 1. The molecule has 1 aromatic rings. The molecule has 1 saturated carbocycles. The van der Waals surface area contributed by atoms with E-state index in [1.54, 1.807) is 19.0 Å². The second-order valence-corrected chi connectivity index (χ2v) is 8.18. The number of guanidine groups is 1. The fourth-order valence-electron chi connectivity index (χ4n) is 3.57. The smallest absolute Gasteiger partial charge is 0.243 e. The molecule has 1 fully saturated rings. The number of amides is 1. The van der Waals surface area contributed by atoms with Gasteiger partial charge in [-0.3, -0.25) is 4.79 Å². The molecule has 1 aliphatic heterocycles. The fourth-order valence-corrected chi connectivity index (χ4v) is 3.57. The fraction of sp³-hybridized carbons (Fsp3) is 0.789. The van der Waals surface area contributed by atoms with Crippen molar-refractivity contribution in [2.45, 2.75) is 76.9 Å². The molecule has 0 radical (unpaired) electrons. The van der Waals surface area contributed by atoms with E-state index in [-0.39, 0.29) is 18.5 Å². The van der Waals surface area contributed by atoms with Crippen LogP contribution in [0, 0.1) is 0 Å². The molecule has 8 heteroatoms. The van der Waals surface area contributed by atoms with E-state index in [4.69, 9.17) is 0 Å². The average Bonchev–Trinajstić information content (AvgIpc) is 3.28. The van der Waals surface area contributed by atoms with Crippen molar-refractivity contribution in [1.29, 1.82) is 0 Å². The molecule has 1 unspecified atom stereocenters. The Balaban J connectivity index is 1.65. The highest BCUT2D eigenvalue weighted by molar-refractivity contribution is 5.85. The number of hydrogen-bond donors (Lipinski definition) is 2. The summed E-state index contributed by atoms with van der Waals surface area (Å²) in [6, 6.07) is 0.685. The zero-order valence-corrected chi connectivity index (χ0v) is 17.0. The summed E-state index contributed by atoms with van der Waals surface area (Å²) in [7, 11) is 3.52. The Kier molecular flexibility index (Phi) is 6.34. The predicted octanol–water partition coefficient (Wildman–Crippen LogP) is 1.28. The summed E-state index contributed by atoms with van der Waals surface area (Å²) in [5, 5.41) is 11.7. The van der Waals surface area contributed by atoms with E-state index in [9.17, 15) is 4.79 Å². The maximum Gasteiger partial charge on any atom is 0.243 e. The summed E-state index contributed by atoms with van der Waals surface area (Å²) in [5.41, 5.74) is 0. The summed E-state index contributed by atoms with van der Waals surface area (Å²) in [4.78, 5) is 22.7. The number of nitrogens with one attached hydrogen (secondary N) is 2. The van der Waals surface area contributed by atoms with Gasteiger partial charge in [0, 0.05) is 38.5 Å². The molecule has 27 heavy (non-hydrogen) atoms. The maximum absolute atomic E-state index is 11.9. The number of aromatic nitrogens is 3. The van der Waals surface area contributed by atoms with Crippen molar-refractivity contribution < 1.29 is 4.79 Å². The van der Waals surface area contributed by atoms with Crippen LogP contribution in [0.3, 0.4) is 0 Å². The minimum atomic E-state index is 0.00584. The first-order chi connectivity index (χ1) is 12.9. The Labute approximate surface area is 161 Å². The molecule has 1 aromatic heterocycles. The molecule has 150 valence electrons. The van der Waals surface area contributed by atoms with Crippen LogP contribution in [0.4, 0.5) is 0 Å². The second kappa shape index (κ2) is 8.71. The second-order valence-electron chi connectivity index (χ2n) is 8.18. The summed E-state index contributed by atoms with van der Waals surface area (Å²) < 4.78 is 2.02. The number of nitrogens with zero attached hydrogens (tertiary/aromatic N) is 5. The highest BCUT2D eigenvalue weighted by atomic mass is 16.2. The Hall–Kier alpha value is -2.12. The highest BCUT2D eigenvalue weighted by Gasteiger charge is 2.24. The lowest BCUT2D eigenvalue weighted by atomic mass is 10.1. The Bertz CT molecular complexity index is 674. The number of hydrogen-bond acceptors (Lipinski definition) is 4. The van der Waals surface area contributed by atoms with Gasteiger partial charge in [0.15, 0.2) is 11.8 Å². The molecule has 1 aliphatic carbocycles. The van der Waals surface area contributed by atoms with Crippen LogP contribution in [0.15, 0.2) is 4.99 Å². The SMILES string of the molecule is CC(C)c1nc2n(n1)CC(NC(=NCC(=O)N(C)C)NC1CCCC1)CC2. The summed E-state index contributed by atoms with van der Waals surface area (Å²) in [5.74, 6) is 3.08. The van der Waals surface area contributed by atoms with Gasteiger partial charge in [-0.2, -0.15) is 5.10 Å². The van der Waals surface area contributed by atoms with Gasteiger partial charge in [0.2, 0.25) is 5.91 Å². The van der Waals surface area contributed by atoms with Gasteiger partial charge in [-0.25, -0.2) is 14.7 Å². The lowest BCUT2D eigenvalue weighted by Gasteiger charge is -2.27. The standard InChI is InChI=1S/C19H33N7O/c1-13(2)18-23-16-10-9-15(12-26(16)24-18)22-19(20-11-17(27)25(3)4)21-14-7-5-6-8-14/h13-15H,5-12H2,1-4H3,(H2,20,21,22). The first-order valence-electron chi connectivity index (χ1n) is 10.1. The van der Waals surface area contributed by atoms with E-state index < -0.39 is 0 Å².